The summed E-state index contributed by atoms with van der Waals surface area (Å²) in [6.45, 7) is 7.31. The van der Waals surface area contributed by atoms with Crippen molar-refractivity contribution in [2.45, 2.75) is 39.5 Å². The predicted molar refractivity (Wildman–Crippen MR) is 67.3 cm³/mol. The number of carbonyl (C=O) groups excluding carboxylic acids is 1. The van der Waals surface area contributed by atoms with Gasteiger partial charge < -0.3 is 10.2 Å². The van der Waals surface area contributed by atoms with E-state index < -0.39 is 0 Å². The van der Waals surface area contributed by atoms with Gasteiger partial charge in [-0.05, 0) is 31.8 Å². The molecular formula is C13H26N2O. The summed E-state index contributed by atoms with van der Waals surface area (Å²) in [6.07, 6.45) is 4.15. The Morgan fingerprint density at radius 3 is 2.69 bits per heavy atom. The van der Waals surface area contributed by atoms with Crippen LogP contribution in [0.15, 0.2) is 0 Å². The van der Waals surface area contributed by atoms with Crippen LogP contribution in [0, 0.1) is 11.8 Å². The maximum absolute atomic E-state index is 12.0. The number of carbonyl (C=O) groups is 1. The molecule has 0 spiro atoms. The molecule has 1 aliphatic heterocycles. The van der Waals surface area contributed by atoms with Crippen molar-refractivity contribution in [1.82, 2.24) is 10.2 Å². The van der Waals surface area contributed by atoms with E-state index in [1.165, 1.54) is 0 Å². The molecule has 1 atom stereocenters. The molecule has 0 aromatic carbocycles. The van der Waals surface area contributed by atoms with Gasteiger partial charge in [0.2, 0.25) is 5.91 Å². The molecule has 1 amide bonds. The molecule has 1 rings (SSSR count). The van der Waals surface area contributed by atoms with Crippen LogP contribution in [-0.2, 0) is 4.79 Å². The average Bonchev–Trinajstić information content (AvgIpc) is 2.74. The maximum atomic E-state index is 12.0. The molecule has 0 aliphatic carbocycles. The van der Waals surface area contributed by atoms with Gasteiger partial charge in [0.1, 0.15) is 0 Å². The van der Waals surface area contributed by atoms with Gasteiger partial charge in [0, 0.05) is 19.5 Å². The summed E-state index contributed by atoms with van der Waals surface area (Å²) in [6, 6.07) is 0. The number of hydrogen-bond acceptors (Lipinski definition) is 2. The van der Waals surface area contributed by atoms with Gasteiger partial charge in [0.15, 0.2) is 0 Å². The third-order valence-corrected chi connectivity index (χ3v) is 3.75. The van der Waals surface area contributed by atoms with Crippen molar-refractivity contribution < 1.29 is 4.79 Å². The number of likely N-dealkylation sites (tertiary alicyclic amines) is 1. The first-order chi connectivity index (χ1) is 7.71. The minimum absolute atomic E-state index is 0.368. The van der Waals surface area contributed by atoms with Crippen molar-refractivity contribution in [3.8, 4) is 0 Å². The van der Waals surface area contributed by atoms with E-state index in [-0.39, 0.29) is 0 Å². The van der Waals surface area contributed by atoms with Crippen LogP contribution in [-0.4, -0.2) is 37.5 Å². The van der Waals surface area contributed by atoms with Crippen LogP contribution < -0.4 is 5.32 Å². The topological polar surface area (TPSA) is 32.3 Å². The largest absolute Gasteiger partial charge is 0.342 e. The van der Waals surface area contributed by atoms with Crippen LogP contribution in [0.1, 0.15) is 39.5 Å². The highest BCUT2D eigenvalue weighted by molar-refractivity contribution is 5.76. The van der Waals surface area contributed by atoms with Crippen molar-refractivity contribution in [2.24, 2.45) is 11.8 Å². The summed E-state index contributed by atoms with van der Waals surface area (Å²) in [5.74, 6) is 1.61. The molecule has 1 heterocycles. The van der Waals surface area contributed by atoms with Gasteiger partial charge in [-0.2, -0.15) is 0 Å². The van der Waals surface area contributed by atoms with E-state index in [2.05, 4.69) is 24.1 Å². The summed E-state index contributed by atoms with van der Waals surface area (Å²) in [4.78, 5) is 14.1. The lowest BCUT2D eigenvalue weighted by Gasteiger charge is -2.19. The Morgan fingerprint density at radius 1 is 1.44 bits per heavy atom. The number of hydrogen-bond donors (Lipinski definition) is 1. The smallest absolute Gasteiger partial charge is 0.222 e. The van der Waals surface area contributed by atoms with Gasteiger partial charge in [-0.1, -0.05) is 26.7 Å². The van der Waals surface area contributed by atoms with Crippen molar-refractivity contribution in [1.29, 1.82) is 0 Å². The first kappa shape index (κ1) is 13.5. The van der Waals surface area contributed by atoms with Gasteiger partial charge >= 0.3 is 0 Å². The first-order valence-electron chi connectivity index (χ1n) is 6.63. The zero-order valence-electron chi connectivity index (χ0n) is 11.0. The van der Waals surface area contributed by atoms with E-state index >= 15 is 0 Å². The molecule has 0 bridgehead atoms. The third kappa shape index (κ3) is 3.78. The van der Waals surface area contributed by atoms with E-state index in [0.29, 0.717) is 17.7 Å². The number of rotatable bonds is 6. The van der Waals surface area contributed by atoms with Crippen molar-refractivity contribution >= 4 is 5.91 Å². The third-order valence-electron chi connectivity index (χ3n) is 3.75. The molecular weight excluding hydrogens is 200 g/mol. The highest BCUT2D eigenvalue weighted by atomic mass is 16.2. The summed E-state index contributed by atoms with van der Waals surface area (Å²) in [5, 5.41) is 3.19. The molecule has 94 valence electrons. The van der Waals surface area contributed by atoms with Gasteiger partial charge in [-0.25, -0.2) is 0 Å². The highest BCUT2D eigenvalue weighted by Gasteiger charge is 2.26. The van der Waals surface area contributed by atoms with Gasteiger partial charge in [-0.3, -0.25) is 4.79 Å². The maximum Gasteiger partial charge on any atom is 0.222 e. The SMILES string of the molecule is CCC(CC)CC(=O)N1CCC(CNC)C1. The molecule has 3 nitrogen and oxygen atoms in total. The van der Waals surface area contributed by atoms with Crippen LogP contribution in [0.2, 0.25) is 0 Å². The zero-order chi connectivity index (χ0) is 12.0. The fourth-order valence-electron chi connectivity index (χ4n) is 2.47. The standard InChI is InChI=1S/C13H26N2O/c1-4-11(5-2)8-13(16)15-7-6-12(10-15)9-14-3/h11-12,14H,4-10H2,1-3H3. The summed E-state index contributed by atoms with van der Waals surface area (Å²) >= 11 is 0. The highest BCUT2D eigenvalue weighted by Crippen LogP contribution is 2.20. The molecule has 0 aromatic rings. The fourth-order valence-corrected chi connectivity index (χ4v) is 2.47. The van der Waals surface area contributed by atoms with E-state index in [9.17, 15) is 4.79 Å². The summed E-state index contributed by atoms with van der Waals surface area (Å²) < 4.78 is 0. The Bertz CT molecular complexity index is 214. The van der Waals surface area contributed by atoms with Crippen molar-refractivity contribution in [3.05, 3.63) is 0 Å². The van der Waals surface area contributed by atoms with Gasteiger partial charge in [0.05, 0.1) is 0 Å². The monoisotopic (exact) mass is 226 g/mol. The number of amides is 1. The van der Waals surface area contributed by atoms with Crippen LogP contribution in [0.25, 0.3) is 0 Å². The van der Waals surface area contributed by atoms with Gasteiger partial charge in [0.25, 0.3) is 0 Å². The Labute approximate surface area is 99.6 Å². The second-order valence-electron chi connectivity index (χ2n) is 4.94. The van der Waals surface area contributed by atoms with Crippen LogP contribution in [0.5, 0.6) is 0 Å². The van der Waals surface area contributed by atoms with Crippen molar-refractivity contribution in [3.63, 3.8) is 0 Å². The normalized spacial score (nSPS) is 20.8. The van der Waals surface area contributed by atoms with Crippen LogP contribution in [0.4, 0.5) is 0 Å². The van der Waals surface area contributed by atoms with Crippen LogP contribution in [0.3, 0.4) is 0 Å². The number of nitrogens with zero attached hydrogens (tertiary/aromatic N) is 1. The predicted octanol–water partition coefficient (Wildman–Crippen LogP) is 1.88. The van der Waals surface area contributed by atoms with Gasteiger partial charge in [-0.15, -0.1) is 0 Å². The number of nitrogens with one attached hydrogen (secondary N) is 1. The quantitative estimate of drug-likeness (QED) is 0.750. The lowest BCUT2D eigenvalue weighted by molar-refractivity contribution is -0.131. The Hall–Kier alpha value is -0.570. The Kier molecular flexibility index (Phi) is 5.81. The average molecular weight is 226 g/mol. The second-order valence-corrected chi connectivity index (χ2v) is 4.94. The van der Waals surface area contributed by atoms with E-state index in [0.717, 1.165) is 45.3 Å². The zero-order valence-corrected chi connectivity index (χ0v) is 11.0. The molecule has 1 unspecified atom stereocenters. The Morgan fingerprint density at radius 2 is 2.12 bits per heavy atom. The molecule has 1 N–H and O–H groups in total. The fraction of sp³-hybridized carbons (Fsp3) is 0.923. The molecule has 1 fully saturated rings. The molecule has 0 saturated carbocycles. The lowest BCUT2D eigenvalue weighted by atomic mass is 9.99. The first-order valence-corrected chi connectivity index (χ1v) is 6.63. The molecule has 1 saturated heterocycles. The van der Waals surface area contributed by atoms with E-state index in [4.69, 9.17) is 0 Å². The van der Waals surface area contributed by atoms with Crippen molar-refractivity contribution in [2.75, 3.05) is 26.7 Å². The molecule has 16 heavy (non-hydrogen) atoms. The lowest BCUT2D eigenvalue weighted by Crippen LogP contribution is -2.31. The molecule has 1 aliphatic rings. The molecule has 0 aromatic heterocycles. The van der Waals surface area contributed by atoms with E-state index in [1.54, 1.807) is 0 Å². The minimum Gasteiger partial charge on any atom is -0.342 e. The summed E-state index contributed by atoms with van der Waals surface area (Å²) in [5.41, 5.74) is 0. The Balaban J connectivity index is 2.33. The minimum atomic E-state index is 0.368. The molecule has 0 radical (unpaired) electrons. The summed E-state index contributed by atoms with van der Waals surface area (Å²) in [7, 11) is 1.98. The molecule has 3 heteroatoms. The van der Waals surface area contributed by atoms with Crippen LogP contribution >= 0.6 is 0 Å². The second kappa shape index (κ2) is 6.89. The van der Waals surface area contributed by atoms with E-state index in [1.807, 2.05) is 7.05 Å².